The second-order valence-electron chi connectivity index (χ2n) is 5.41. The molecule has 0 atom stereocenters. The SMILES string of the molecule is CN(C)C=C1C(=O)N(c2ccccc2)N(c2ccccc2)C1=O. The fourth-order valence-electron chi connectivity index (χ4n) is 2.47. The van der Waals surface area contributed by atoms with Gasteiger partial charge in [-0.2, -0.15) is 0 Å². The molecule has 1 fully saturated rings. The molecule has 0 unspecified atom stereocenters. The number of carbonyl (C=O) groups is 2. The predicted molar refractivity (Wildman–Crippen MR) is 89.6 cm³/mol. The molecule has 0 bridgehead atoms. The lowest BCUT2D eigenvalue weighted by atomic mass is 10.2. The van der Waals surface area contributed by atoms with Crippen molar-refractivity contribution >= 4 is 23.2 Å². The summed E-state index contributed by atoms with van der Waals surface area (Å²) in [7, 11) is 3.57. The van der Waals surface area contributed by atoms with E-state index in [4.69, 9.17) is 0 Å². The van der Waals surface area contributed by atoms with Gasteiger partial charge in [0, 0.05) is 20.3 Å². The first kappa shape index (κ1) is 14.8. The highest BCUT2D eigenvalue weighted by Gasteiger charge is 2.43. The second-order valence-corrected chi connectivity index (χ2v) is 5.41. The number of anilines is 2. The van der Waals surface area contributed by atoms with Gasteiger partial charge in [0.05, 0.1) is 11.4 Å². The van der Waals surface area contributed by atoms with Crippen molar-refractivity contribution in [3.05, 3.63) is 72.4 Å². The van der Waals surface area contributed by atoms with E-state index in [1.54, 1.807) is 49.5 Å². The van der Waals surface area contributed by atoms with Gasteiger partial charge in [-0.1, -0.05) is 36.4 Å². The summed E-state index contributed by atoms with van der Waals surface area (Å²) in [6, 6.07) is 18.3. The Labute approximate surface area is 135 Å². The van der Waals surface area contributed by atoms with E-state index < -0.39 is 0 Å². The maximum absolute atomic E-state index is 12.8. The maximum Gasteiger partial charge on any atom is 0.284 e. The Hall–Kier alpha value is -3.08. The van der Waals surface area contributed by atoms with Crippen molar-refractivity contribution in [2.75, 3.05) is 24.1 Å². The molecule has 1 aliphatic rings. The van der Waals surface area contributed by atoms with Crippen LogP contribution in [0.1, 0.15) is 0 Å². The number of carbonyl (C=O) groups excluding carboxylic acids is 2. The largest absolute Gasteiger partial charge is 0.383 e. The van der Waals surface area contributed by atoms with Crippen LogP contribution < -0.4 is 10.0 Å². The number of hydrogen-bond acceptors (Lipinski definition) is 3. The molecule has 116 valence electrons. The van der Waals surface area contributed by atoms with Crippen LogP contribution in [-0.2, 0) is 9.59 Å². The van der Waals surface area contributed by atoms with Crippen LogP contribution in [0.4, 0.5) is 11.4 Å². The Morgan fingerprint density at radius 3 is 1.48 bits per heavy atom. The molecule has 1 heterocycles. The summed E-state index contributed by atoms with van der Waals surface area (Å²) in [5, 5.41) is 2.82. The van der Waals surface area contributed by atoms with Gasteiger partial charge in [0.15, 0.2) is 0 Å². The number of hydrazine groups is 1. The van der Waals surface area contributed by atoms with Crippen LogP contribution in [0.2, 0.25) is 0 Å². The summed E-state index contributed by atoms with van der Waals surface area (Å²) in [5.41, 5.74) is 1.44. The van der Waals surface area contributed by atoms with E-state index in [-0.39, 0.29) is 17.4 Å². The molecule has 1 aliphatic heterocycles. The van der Waals surface area contributed by atoms with Crippen molar-refractivity contribution in [2.45, 2.75) is 0 Å². The van der Waals surface area contributed by atoms with Crippen LogP contribution >= 0.6 is 0 Å². The molecule has 5 nitrogen and oxygen atoms in total. The first-order valence-electron chi connectivity index (χ1n) is 7.27. The maximum atomic E-state index is 12.8. The molecule has 0 radical (unpaired) electrons. The molecule has 3 rings (SSSR count). The molecule has 23 heavy (non-hydrogen) atoms. The van der Waals surface area contributed by atoms with Crippen molar-refractivity contribution in [3.8, 4) is 0 Å². The molecular weight excluding hydrogens is 290 g/mol. The van der Waals surface area contributed by atoms with Crippen molar-refractivity contribution in [2.24, 2.45) is 0 Å². The Kier molecular flexibility index (Phi) is 3.85. The standard InChI is InChI=1S/C18H17N3O2/c1-19(2)13-16-17(22)20(14-9-5-3-6-10-14)21(18(16)23)15-11-7-4-8-12-15/h3-13H,1-2H3. The fourth-order valence-corrected chi connectivity index (χ4v) is 2.47. The first-order chi connectivity index (χ1) is 11.1. The molecule has 1 saturated heterocycles. The highest BCUT2D eigenvalue weighted by atomic mass is 16.2. The fraction of sp³-hybridized carbons (Fsp3) is 0.111. The topological polar surface area (TPSA) is 43.9 Å². The Morgan fingerprint density at radius 1 is 0.739 bits per heavy atom. The summed E-state index contributed by atoms with van der Waals surface area (Å²) in [4.78, 5) is 27.3. The molecule has 0 N–H and O–H groups in total. The third-order valence-electron chi connectivity index (χ3n) is 3.43. The van der Waals surface area contributed by atoms with Crippen LogP contribution in [0, 0.1) is 0 Å². The van der Waals surface area contributed by atoms with Crippen molar-refractivity contribution in [3.63, 3.8) is 0 Å². The highest BCUT2D eigenvalue weighted by molar-refractivity contribution is 6.35. The lowest BCUT2D eigenvalue weighted by molar-refractivity contribution is -0.116. The number of hydrogen-bond donors (Lipinski definition) is 0. The lowest BCUT2D eigenvalue weighted by Crippen LogP contribution is -2.41. The Morgan fingerprint density at radius 2 is 1.13 bits per heavy atom. The number of rotatable bonds is 3. The predicted octanol–water partition coefficient (Wildman–Crippen LogP) is 2.43. The van der Waals surface area contributed by atoms with Crippen LogP contribution in [0.15, 0.2) is 72.4 Å². The van der Waals surface area contributed by atoms with Crippen molar-refractivity contribution in [1.82, 2.24) is 4.90 Å². The van der Waals surface area contributed by atoms with Crippen molar-refractivity contribution < 1.29 is 9.59 Å². The van der Waals surface area contributed by atoms with Gasteiger partial charge in [-0.15, -0.1) is 0 Å². The minimum Gasteiger partial charge on any atom is -0.383 e. The molecular formula is C18H17N3O2. The van der Waals surface area contributed by atoms with Gasteiger partial charge >= 0.3 is 0 Å². The van der Waals surface area contributed by atoms with Gasteiger partial charge in [-0.05, 0) is 24.3 Å². The van der Waals surface area contributed by atoms with Gasteiger partial charge in [0.1, 0.15) is 5.57 Å². The summed E-state index contributed by atoms with van der Waals surface area (Å²) in [5.74, 6) is -0.669. The van der Waals surface area contributed by atoms with Crippen LogP contribution in [-0.4, -0.2) is 30.8 Å². The Balaban J connectivity index is 2.14. The van der Waals surface area contributed by atoms with Gasteiger partial charge in [0.25, 0.3) is 11.8 Å². The van der Waals surface area contributed by atoms with Gasteiger partial charge in [0.2, 0.25) is 0 Å². The average molecular weight is 307 g/mol. The van der Waals surface area contributed by atoms with E-state index in [0.29, 0.717) is 11.4 Å². The number of amides is 2. The zero-order valence-electron chi connectivity index (χ0n) is 13.0. The molecule has 0 aromatic heterocycles. The molecule has 5 heteroatoms. The number of nitrogens with zero attached hydrogens (tertiary/aromatic N) is 3. The summed E-state index contributed by atoms with van der Waals surface area (Å²) < 4.78 is 0. The number of benzene rings is 2. The van der Waals surface area contributed by atoms with Crippen LogP contribution in [0.5, 0.6) is 0 Å². The highest BCUT2D eigenvalue weighted by Crippen LogP contribution is 2.31. The zero-order chi connectivity index (χ0) is 16.4. The van der Waals surface area contributed by atoms with E-state index in [1.165, 1.54) is 10.0 Å². The van der Waals surface area contributed by atoms with E-state index in [1.807, 2.05) is 36.4 Å². The third kappa shape index (κ3) is 2.68. The minimum atomic E-state index is -0.334. The van der Waals surface area contributed by atoms with E-state index >= 15 is 0 Å². The molecule has 2 amide bonds. The molecule has 0 aliphatic carbocycles. The molecule has 2 aromatic rings. The minimum absolute atomic E-state index is 0.141. The van der Waals surface area contributed by atoms with Gasteiger partial charge < -0.3 is 4.90 Å². The zero-order valence-corrected chi connectivity index (χ0v) is 13.0. The van der Waals surface area contributed by atoms with Crippen LogP contribution in [0.3, 0.4) is 0 Å². The molecule has 2 aromatic carbocycles. The average Bonchev–Trinajstić information content (AvgIpc) is 2.80. The first-order valence-corrected chi connectivity index (χ1v) is 7.27. The smallest absolute Gasteiger partial charge is 0.284 e. The van der Waals surface area contributed by atoms with Crippen molar-refractivity contribution in [1.29, 1.82) is 0 Å². The monoisotopic (exact) mass is 307 g/mol. The molecule has 0 spiro atoms. The van der Waals surface area contributed by atoms with E-state index in [0.717, 1.165) is 0 Å². The van der Waals surface area contributed by atoms with Gasteiger partial charge in [-0.25, -0.2) is 10.0 Å². The summed E-state index contributed by atoms with van der Waals surface area (Å²) >= 11 is 0. The number of para-hydroxylation sites is 2. The third-order valence-corrected chi connectivity index (χ3v) is 3.43. The van der Waals surface area contributed by atoms with E-state index in [9.17, 15) is 9.59 Å². The summed E-state index contributed by atoms with van der Waals surface area (Å²) in [6.07, 6.45) is 1.56. The van der Waals surface area contributed by atoms with Crippen LogP contribution in [0.25, 0.3) is 0 Å². The Bertz CT molecular complexity index is 695. The normalized spacial score (nSPS) is 14.4. The quantitative estimate of drug-likeness (QED) is 0.646. The second kappa shape index (κ2) is 5.96. The van der Waals surface area contributed by atoms with Gasteiger partial charge in [-0.3, -0.25) is 9.59 Å². The lowest BCUT2D eigenvalue weighted by Gasteiger charge is -2.27. The molecule has 0 saturated carbocycles. The van der Waals surface area contributed by atoms with E-state index in [2.05, 4.69) is 0 Å². The summed E-state index contributed by atoms with van der Waals surface area (Å²) in [6.45, 7) is 0.